The molecule has 0 unspecified atom stereocenters. The number of ether oxygens (including phenoxy) is 1. The summed E-state index contributed by atoms with van der Waals surface area (Å²) < 4.78 is 4.82. The molecular weight excluding hydrogens is 410 g/mol. The number of carbonyl (C=O) groups excluding carboxylic acids is 4. The number of fused-ring (bicyclic) bond motifs is 1. The zero-order valence-corrected chi connectivity index (χ0v) is 18.8. The van der Waals surface area contributed by atoms with Gasteiger partial charge >= 0.3 is 12.0 Å². The first-order valence-electron chi connectivity index (χ1n) is 10.8. The minimum atomic E-state index is -1.29. The molecule has 2 atom stereocenters. The molecule has 1 aliphatic rings. The molecule has 2 N–H and O–H groups in total. The van der Waals surface area contributed by atoms with Gasteiger partial charge in [-0.05, 0) is 35.2 Å². The van der Waals surface area contributed by atoms with Crippen LogP contribution >= 0.6 is 0 Å². The molecule has 0 spiro atoms. The molecule has 2 aromatic carbocycles. The van der Waals surface area contributed by atoms with Gasteiger partial charge in [-0.2, -0.15) is 0 Å². The monoisotopic (exact) mass is 439 g/mol. The lowest BCUT2D eigenvalue weighted by atomic mass is 9.90. The van der Waals surface area contributed by atoms with Crippen LogP contribution in [0.25, 0.3) is 10.8 Å². The third-order valence-corrected chi connectivity index (χ3v) is 6.20. The van der Waals surface area contributed by atoms with E-state index >= 15 is 0 Å². The van der Waals surface area contributed by atoms with E-state index in [1.807, 2.05) is 50.2 Å². The molecular formula is C24H29N3O5. The summed E-state index contributed by atoms with van der Waals surface area (Å²) in [6.07, 6.45) is 1.33. The number of nitrogens with one attached hydrogen (secondary N) is 2. The van der Waals surface area contributed by atoms with Crippen molar-refractivity contribution in [1.82, 2.24) is 15.5 Å². The van der Waals surface area contributed by atoms with Crippen LogP contribution in [-0.2, 0) is 24.7 Å². The van der Waals surface area contributed by atoms with E-state index in [1.165, 1.54) is 7.11 Å². The van der Waals surface area contributed by atoms with E-state index in [0.29, 0.717) is 18.4 Å². The van der Waals surface area contributed by atoms with Gasteiger partial charge in [0, 0.05) is 0 Å². The van der Waals surface area contributed by atoms with Gasteiger partial charge in [0.05, 0.1) is 7.11 Å². The highest BCUT2D eigenvalue weighted by Gasteiger charge is 2.49. The smallest absolute Gasteiger partial charge is 0.328 e. The van der Waals surface area contributed by atoms with Crippen molar-refractivity contribution in [1.29, 1.82) is 0 Å². The fraction of sp³-hybridized carbons (Fsp3) is 0.417. The Hall–Kier alpha value is -3.42. The molecule has 3 rings (SSSR count). The standard InChI is InChI=1S/C24H29N3O5/c1-5-15(6-2)20(21(29)32-4)25-19(28)14-27-22(30)24(3,26-23(27)31)18-12-11-16-9-7-8-10-17(16)13-18/h7-13,15,20H,5-6,14H2,1-4H3,(H,25,28)(H,26,31)/t20-,24-/m1/s1. The summed E-state index contributed by atoms with van der Waals surface area (Å²) in [5.41, 5.74) is -0.666. The largest absolute Gasteiger partial charge is 0.467 e. The molecule has 1 heterocycles. The number of methoxy groups -OCH3 is 1. The summed E-state index contributed by atoms with van der Waals surface area (Å²) in [6, 6.07) is 11.8. The van der Waals surface area contributed by atoms with Crippen LogP contribution in [0, 0.1) is 5.92 Å². The van der Waals surface area contributed by atoms with E-state index < -0.39 is 41.9 Å². The van der Waals surface area contributed by atoms with Crippen molar-refractivity contribution >= 4 is 34.6 Å². The summed E-state index contributed by atoms with van der Waals surface area (Å²) in [6.45, 7) is 4.98. The Balaban J connectivity index is 1.79. The van der Waals surface area contributed by atoms with Crippen LogP contribution in [0.15, 0.2) is 42.5 Å². The van der Waals surface area contributed by atoms with Crippen molar-refractivity contribution in [3.8, 4) is 0 Å². The van der Waals surface area contributed by atoms with Crippen molar-refractivity contribution < 1.29 is 23.9 Å². The van der Waals surface area contributed by atoms with Crippen LogP contribution in [-0.4, -0.2) is 48.4 Å². The summed E-state index contributed by atoms with van der Waals surface area (Å²) in [7, 11) is 1.26. The highest BCUT2D eigenvalue weighted by Crippen LogP contribution is 2.31. The number of rotatable bonds is 8. The molecule has 0 radical (unpaired) electrons. The summed E-state index contributed by atoms with van der Waals surface area (Å²) >= 11 is 0. The van der Waals surface area contributed by atoms with Crippen LogP contribution < -0.4 is 10.6 Å². The third-order valence-electron chi connectivity index (χ3n) is 6.20. The zero-order valence-electron chi connectivity index (χ0n) is 18.8. The van der Waals surface area contributed by atoms with Gasteiger partial charge in [-0.25, -0.2) is 9.59 Å². The third kappa shape index (κ3) is 4.30. The number of urea groups is 1. The van der Waals surface area contributed by atoms with Crippen molar-refractivity contribution in [3.05, 3.63) is 48.0 Å². The first-order valence-corrected chi connectivity index (χ1v) is 10.8. The van der Waals surface area contributed by atoms with Gasteiger partial charge in [0.15, 0.2) is 0 Å². The molecule has 0 aromatic heterocycles. The van der Waals surface area contributed by atoms with Crippen LogP contribution in [0.4, 0.5) is 4.79 Å². The second-order valence-corrected chi connectivity index (χ2v) is 8.15. The molecule has 2 aromatic rings. The van der Waals surface area contributed by atoms with E-state index in [9.17, 15) is 19.2 Å². The number of carbonyl (C=O) groups is 4. The van der Waals surface area contributed by atoms with E-state index in [2.05, 4.69) is 10.6 Å². The van der Waals surface area contributed by atoms with E-state index in [0.717, 1.165) is 15.7 Å². The Morgan fingerprint density at radius 3 is 2.38 bits per heavy atom. The molecule has 1 saturated heterocycles. The highest BCUT2D eigenvalue weighted by molar-refractivity contribution is 6.09. The SMILES string of the molecule is CCC(CC)[C@@H](NC(=O)CN1C(=O)N[C@](C)(c2ccc3ccccc3c2)C1=O)C(=O)OC. The predicted molar refractivity (Wildman–Crippen MR) is 120 cm³/mol. The summed E-state index contributed by atoms with van der Waals surface area (Å²) in [4.78, 5) is 51.6. The van der Waals surface area contributed by atoms with Crippen molar-refractivity contribution in [2.75, 3.05) is 13.7 Å². The van der Waals surface area contributed by atoms with Gasteiger partial charge in [0.1, 0.15) is 18.1 Å². The molecule has 0 saturated carbocycles. The van der Waals surface area contributed by atoms with E-state index in [1.54, 1.807) is 13.0 Å². The fourth-order valence-corrected chi connectivity index (χ4v) is 4.16. The molecule has 32 heavy (non-hydrogen) atoms. The second kappa shape index (κ2) is 9.38. The normalized spacial score (nSPS) is 19.2. The Labute approximate surface area is 187 Å². The average molecular weight is 440 g/mol. The predicted octanol–water partition coefficient (Wildman–Crippen LogP) is 2.70. The van der Waals surface area contributed by atoms with Gasteiger partial charge in [-0.15, -0.1) is 0 Å². The molecule has 8 heteroatoms. The first-order chi connectivity index (χ1) is 15.2. The van der Waals surface area contributed by atoms with E-state index in [4.69, 9.17) is 4.74 Å². The van der Waals surface area contributed by atoms with Crippen LogP contribution in [0.3, 0.4) is 0 Å². The first kappa shape index (κ1) is 23.2. The van der Waals surface area contributed by atoms with Gasteiger partial charge in [-0.1, -0.05) is 63.1 Å². The van der Waals surface area contributed by atoms with Gasteiger partial charge in [0.2, 0.25) is 5.91 Å². The Bertz CT molecular complexity index is 1050. The van der Waals surface area contributed by atoms with Crippen LogP contribution in [0.2, 0.25) is 0 Å². The number of nitrogens with zero attached hydrogens (tertiary/aromatic N) is 1. The van der Waals surface area contributed by atoms with Gasteiger partial charge in [-0.3, -0.25) is 14.5 Å². The van der Waals surface area contributed by atoms with Crippen LogP contribution in [0.1, 0.15) is 39.2 Å². The zero-order chi connectivity index (χ0) is 23.5. The average Bonchev–Trinajstić information content (AvgIpc) is 3.02. The second-order valence-electron chi connectivity index (χ2n) is 8.15. The molecule has 0 bridgehead atoms. The number of hydrogen-bond acceptors (Lipinski definition) is 5. The maximum atomic E-state index is 13.2. The lowest BCUT2D eigenvalue weighted by Gasteiger charge is -2.25. The van der Waals surface area contributed by atoms with Crippen LogP contribution in [0.5, 0.6) is 0 Å². The molecule has 1 aliphatic heterocycles. The highest BCUT2D eigenvalue weighted by atomic mass is 16.5. The summed E-state index contributed by atoms with van der Waals surface area (Å²) in [5.74, 6) is -1.79. The number of hydrogen-bond donors (Lipinski definition) is 2. The van der Waals surface area contributed by atoms with E-state index in [-0.39, 0.29) is 5.92 Å². The molecule has 4 amide bonds. The fourth-order valence-electron chi connectivity index (χ4n) is 4.16. The summed E-state index contributed by atoms with van der Waals surface area (Å²) in [5, 5.41) is 7.31. The van der Waals surface area contributed by atoms with Crippen molar-refractivity contribution in [3.63, 3.8) is 0 Å². The lowest BCUT2D eigenvalue weighted by Crippen LogP contribution is -2.50. The Morgan fingerprint density at radius 2 is 1.75 bits per heavy atom. The molecule has 1 fully saturated rings. The number of amides is 4. The number of imide groups is 1. The number of benzene rings is 2. The maximum Gasteiger partial charge on any atom is 0.328 e. The Kier molecular flexibility index (Phi) is 6.81. The minimum absolute atomic E-state index is 0.114. The molecule has 170 valence electrons. The molecule has 8 nitrogen and oxygen atoms in total. The van der Waals surface area contributed by atoms with Gasteiger partial charge < -0.3 is 15.4 Å². The van der Waals surface area contributed by atoms with Crippen molar-refractivity contribution in [2.24, 2.45) is 5.92 Å². The minimum Gasteiger partial charge on any atom is -0.467 e. The van der Waals surface area contributed by atoms with Gasteiger partial charge in [0.25, 0.3) is 5.91 Å². The quantitative estimate of drug-likeness (QED) is 0.486. The Morgan fingerprint density at radius 1 is 1.09 bits per heavy atom. The maximum absolute atomic E-state index is 13.2. The topological polar surface area (TPSA) is 105 Å². The van der Waals surface area contributed by atoms with Crippen molar-refractivity contribution in [2.45, 2.75) is 45.2 Å². The molecule has 0 aliphatic carbocycles. The lowest BCUT2D eigenvalue weighted by molar-refractivity contribution is -0.147. The number of esters is 1.